The summed E-state index contributed by atoms with van der Waals surface area (Å²) in [5.41, 5.74) is -0.646. The Bertz CT molecular complexity index is 316. The molecule has 0 unspecified atom stereocenters. The van der Waals surface area contributed by atoms with Crippen molar-refractivity contribution in [1.29, 1.82) is 0 Å². The number of aliphatic hydroxyl groups is 1. The Balaban J connectivity index is 1.73. The molecule has 4 heteroatoms. The van der Waals surface area contributed by atoms with Crippen LogP contribution >= 0.6 is 0 Å². The third kappa shape index (κ3) is 4.19. The molecule has 1 heterocycles. The molecule has 2 N–H and O–H groups in total. The summed E-state index contributed by atoms with van der Waals surface area (Å²) in [4.78, 5) is 14.6. The van der Waals surface area contributed by atoms with Gasteiger partial charge in [0.05, 0.1) is 5.60 Å². The molecule has 1 saturated heterocycles. The van der Waals surface area contributed by atoms with Crippen LogP contribution in [0.3, 0.4) is 0 Å². The molecule has 1 aliphatic carbocycles. The lowest BCUT2D eigenvalue weighted by Crippen LogP contribution is -2.48. The van der Waals surface area contributed by atoms with Crippen molar-refractivity contribution in [3.05, 3.63) is 0 Å². The number of hydrogen-bond acceptors (Lipinski definition) is 3. The van der Waals surface area contributed by atoms with Gasteiger partial charge < -0.3 is 15.3 Å². The molecule has 0 radical (unpaired) electrons. The Morgan fingerprint density at radius 3 is 2.40 bits per heavy atom. The van der Waals surface area contributed by atoms with E-state index in [0.29, 0.717) is 12.6 Å². The van der Waals surface area contributed by atoms with Gasteiger partial charge in [-0.05, 0) is 52.6 Å². The summed E-state index contributed by atoms with van der Waals surface area (Å²) in [7, 11) is 0. The summed E-state index contributed by atoms with van der Waals surface area (Å²) < 4.78 is 0. The average molecular weight is 282 g/mol. The lowest BCUT2D eigenvalue weighted by Gasteiger charge is -2.35. The second-order valence-electron chi connectivity index (χ2n) is 6.91. The molecule has 2 aliphatic rings. The Labute approximate surface area is 122 Å². The second-order valence-corrected chi connectivity index (χ2v) is 6.91. The number of nitrogens with zero attached hydrogens (tertiary/aromatic N) is 1. The fraction of sp³-hybridized carbons (Fsp3) is 0.938. The van der Waals surface area contributed by atoms with E-state index in [4.69, 9.17) is 0 Å². The SMILES string of the molecule is CC(C)N1CCC(C(=O)NCC2(O)CCCCC2)CC1. The van der Waals surface area contributed by atoms with Crippen LogP contribution in [0, 0.1) is 5.92 Å². The highest BCUT2D eigenvalue weighted by atomic mass is 16.3. The van der Waals surface area contributed by atoms with Crippen LogP contribution < -0.4 is 5.32 Å². The summed E-state index contributed by atoms with van der Waals surface area (Å²) in [5, 5.41) is 13.4. The molecule has 0 spiro atoms. The van der Waals surface area contributed by atoms with E-state index in [2.05, 4.69) is 24.1 Å². The van der Waals surface area contributed by atoms with Gasteiger partial charge in [0.2, 0.25) is 5.91 Å². The zero-order chi connectivity index (χ0) is 14.6. The van der Waals surface area contributed by atoms with Gasteiger partial charge in [-0.25, -0.2) is 0 Å². The Morgan fingerprint density at radius 2 is 1.85 bits per heavy atom. The third-order valence-corrected chi connectivity index (χ3v) is 5.01. The average Bonchev–Trinajstić information content (AvgIpc) is 2.46. The van der Waals surface area contributed by atoms with Crippen LogP contribution in [0.4, 0.5) is 0 Å². The fourth-order valence-electron chi connectivity index (χ4n) is 3.46. The minimum Gasteiger partial charge on any atom is -0.388 e. The molecule has 0 aromatic heterocycles. The highest BCUT2D eigenvalue weighted by molar-refractivity contribution is 5.78. The predicted octanol–water partition coefficient (Wildman–Crippen LogP) is 1.92. The van der Waals surface area contributed by atoms with Gasteiger partial charge in [-0.15, -0.1) is 0 Å². The first-order valence-electron chi connectivity index (χ1n) is 8.24. The third-order valence-electron chi connectivity index (χ3n) is 5.01. The van der Waals surface area contributed by atoms with Gasteiger partial charge in [-0.1, -0.05) is 19.3 Å². The van der Waals surface area contributed by atoms with Crippen molar-refractivity contribution in [2.24, 2.45) is 5.92 Å². The fourth-order valence-corrected chi connectivity index (χ4v) is 3.46. The lowest BCUT2D eigenvalue weighted by atomic mass is 9.84. The molecule has 1 amide bonds. The first-order chi connectivity index (χ1) is 9.50. The summed E-state index contributed by atoms with van der Waals surface area (Å²) in [6.45, 7) is 6.88. The van der Waals surface area contributed by atoms with Crippen molar-refractivity contribution in [2.45, 2.75) is 70.4 Å². The van der Waals surface area contributed by atoms with Crippen LogP contribution in [0.5, 0.6) is 0 Å². The van der Waals surface area contributed by atoms with E-state index in [-0.39, 0.29) is 11.8 Å². The van der Waals surface area contributed by atoms with Crippen molar-refractivity contribution in [3.8, 4) is 0 Å². The van der Waals surface area contributed by atoms with E-state index in [1.165, 1.54) is 6.42 Å². The van der Waals surface area contributed by atoms with E-state index >= 15 is 0 Å². The largest absolute Gasteiger partial charge is 0.388 e. The molecule has 0 bridgehead atoms. The maximum Gasteiger partial charge on any atom is 0.223 e. The topological polar surface area (TPSA) is 52.6 Å². The number of nitrogens with one attached hydrogen (secondary N) is 1. The molecule has 1 saturated carbocycles. The van der Waals surface area contributed by atoms with E-state index < -0.39 is 5.60 Å². The molecule has 4 nitrogen and oxygen atoms in total. The molecule has 2 rings (SSSR count). The highest BCUT2D eigenvalue weighted by Gasteiger charge is 2.31. The molecule has 0 aromatic rings. The monoisotopic (exact) mass is 282 g/mol. The Kier molecular flexibility index (Phi) is 5.44. The normalized spacial score (nSPS) is 24.8. The number of carbonyl (C=O) groups excluding carboxylic acids is 1. The molecule has 0 atom stereocenters. The number of carbonyl (C=O) groups is 1. The standard InChI is InChI=1S/C16H30N2O2/c1-13(2)18-10-6-14(7-11-18)15(19)17-12-16(20)8-4-3-5-9-16/h13-14,20H,3-12H2,1-2H3,(H,17,19). The number of hydrogen-bond donors (Lipinski definition) is 2. The van der Waals surface area contributed by atoms with Crippen molar-refractivity contribution in [2.75, 3.05) is 19.6 Å². The van der Waals surface area contributed by atoms with Crippen LogP contribution in [0.1, 0.15) is 58.8 Å². The Morgan fingerprint density at radius 1 is 1.25 bits per heavy atom. The van der Waals surface area contributed by atoms with Gasteiger partial charge in [-0.2, -0.15) is 0 Å². The van der Waals surface area contributed by atoms with Crippen LogP contribution in [0.2, 0.25) is 0 Å². The molecular formula is C16H30N2O2. The zero-order valence-corrected chi connectivity index (χ0v) is 13.0. The van der Waals surface area contributed by atoms with E-state index in [1.807, 2.05) is 0 Å². The van der Waals surface area contributed by atoms with Crippen LogP contribution in [0.25, 0.3) is 0 Å². The van der Waals surface area contributed by atoms with Gasteiger partial charge in [-0.3, -0.25) is 4.79 Å². The lowest BCUT2D eigenvalue weighted by molar-refractivity contribution is -0.128. The van der Waals surface area contributed by atoms with Crippen molar-refractivity contribution < 1.29 is 9.90 Å². The highest BCUT2D eigenvalue weighted by Crippen LogP contribution is 2.27. The number of amides is 1. The summed E-state index contributed by atoms with van der Waals surface area (Å²) in [6, 6.07) is 0.571. The summed E-state index contributed by atoms with van der Waals surface area (Å²) in [6.07, 6.45) is 6.94. The van der Waals surface area contributed by atoms with Crippen LogP contribution in [0.15, 0.2) is 0 Å². The first kappa shape index (κ1) is 15.8. The molecule has 1 aliphatic heterocycles. The zero-order valence-electron chi connectivity index (χ0n) is 13.0. The molecule has 0 aromatic carbocycles. The maximum atomic E-state index is 12.2. The predicted molar refractivity (Wildman–Crippen MR) is 80.5 cm³/mol. The van der Waals surface area contributed by atoms with Gasteiger partial charge in [0.15, 0.2) is 0 Å². The molecule has 2 fully saturated rings. The van der Waals surface area contributed by atoms with E-state index in [1.54, 1.807) is 0 Å². The van der Waals surface area contributed by atoms with E-state index in [0.717, 1.165) is 51.6 Å². The molecular weight excluding hydrogens is 252 g/mol. The van der Waals surface area contributed by atoms with Crippen LogP contribution in [-0.2, 0) is 4.79 Å². The Hall–Kier alpha value is -0.610. The van der Waals surface area contributed by atoms with E-state index in [9.17, 15) is 9.90 Å². The smallest absolute Gasteiger partial charge is 0.223 e. The van der Waals surface area contributed by atoms with Gasteiger partial charge in [0.25, 0.3) is 0 Å². The number of rotatable bonds is 4. The maximum absolute atomic E-state index is 12.2. The summed E-state index contributed by atoms with van der Waals surface area (Å²) >= 11 is 0. The van der Waals surface area contributed by atoms with Crippen LogP contribution in [-0.4, -0.2) is 47.2 Å². The van der Waals surface area contributed by atoms with Gasteiger partial charge in [0.1, 0.15) is 0 Å². The molecule has 116 valence electrons. The number of likely N-dealkylation sites (tertiary alicyclic amines) is 1. The molecule has 20 heavy (non-hydrogen) atoms. The summed E-state index contributed by atoms with van der Waals surface area (Å²) in [5.74, 6) is 0.282. The minimum absolute atomic E-state index is 0.136. The van der Waals surface area contributed by atoms with Crippen molar-refractivity contribution >= 4 is 5.91 Å². The quantitative estimate of drug-likeness (QED) is 0.828. The van der Waals surface area contributed by atoms with Gasteiger partial charge in [0, 0.05) is 18.5 Å². The number of piperidine rings is 1. The second kappa shape index (κ2) is 6.90. The minimum atomic E-state index is -0.646. The first-order valence-corrected chi connectivity index (χ1v) is 8.24. The van der Waals surface area contributed by atoms with Crippen molar-refractivity contribution in [3.63, 3.8) is 0 Å². The van der Waals surface area contributed by atoms with Crippen molar-refractivity contribution in [1.82, 2.24) is 10.2 Å². The van der Waals surface area contributed by atoms with Gasteiger partial charge >= 0.3 is 0 Å².